The van der Waals surface area contributed by atoms with Gasteiger partial charge in [-0.25, -0.2) is 8.78 Å². The van der Waals surface area contributed by atoms with Crippen LogP contribution in [0.1, 0.15) is 18.1 Å². The molecule has 2 atom stereocenters. The van der Waals surface area contributed by atoms with Crippen LogP contribution >= 0.6 is 15.9 Å². The van der Waals surface area contributed by atoms with E-state index in [1.807, 2.05) is 0 Å². The van der Waals surface area contributed by atoms with Gasteiger partial charge in [0.05, 0.1) is 15.4 Å². The number of aromatic nitrogens is 1. The van der Waals surface area contributed by atoms with E-state index in [0.717, 1.165) is 18.3 Å². The largest absolute Gasteiger partial charge is 0.373 e. The molecule has 1 aromatic heterocycles. The van der Waals surface area contributed by atoms with E-state index < -0.39 is 22.7 Å². The highest BCUT2D eigenvalue weighted by Gasteiger charge is 2.32. The molecule has 3 rings (SSSR count). The Balaban J connectivity index is 1.90. The van der Waals surface area contributed by atoms with Crippen molar-refractivity contribution in [2.45, 2.75) is 18.6 Å². The summed E-state index contributed by atoms with van der Waals surface area (Å²) < 4.78 is 32.6. The van der Waals surface area contributed by atoms with Crippen LogP contribution in [0.2, 0.25) is 0 Å². The van der Waals surface area contributed by atoms with Crippen LogP contribution in [0.3, 0.4) is 0 Å². The Kier molecular flexibility index (Phi) is 4.72. The molecule has 0 spiro atoms. The molecule has 0 radical (unpaired) electrons. The quantitative estimate of drug-likeness (QED) is 0.621. The fraction of sp³-hybridized carbons (Fsp3) is 0.267. The minimum Gasteiger partial charge on any atom is -0.373 e. The zero-order chi connectivity index (χ0) is 17.3. The monoisotopic (exact) mass is 399 g/mol. The number of rotatable bonds is 4. The van der Waals surface area contributed by atoms with Gasteiger partial charge in [-0.3, -0.25) is 15.1 Å². The number of pyridine rings is 1. The number of nitrogens with one attached hydrogen (secondary N) is 1. The molecule has 0 aliphatic carbocycles. The minimum absolute atomic E-state index is 0.180. The Morgan fingerprint density at radius 3 is 2.83 bits per heavy atom. The van der Waals surface area contributed by atoms with Crippen LogP contribution in [0.15, 0.2) is 35.1 Å². The van der Waals surface area contributed by atoms with Crippen LogP contribution in [0.5, 0.6) is 0 Å². The van der Waals surface area contributed by atoms with Crippen LogP contribution < -0.4 is 5.32 Å². The Morgan fingerprint density at radius 2 is 2.12 bits per heavy atom. The first-order valence-electron chi connectivity index (χ1n) is 7.08. The molecule has 6 nitrogen and oxygen atoms in total. The minimum atomic E-state index is -0.960. The lowest BCUT2D eigenvalue weighted by atomic mass is 10.0. The van der Waals surface area contributed by atoms with Crippen molar-refractivity contribution in [3.63, 3.8) is 0 Å². The van der Waals surface area contributed by atoms with Gasteiger partial charge in [-0.05, 0) is 40.0 Å². The standard InChI is InChI=1S/C15H12BrF2N3O3/c16-9-6-19-7-13(21(22)23)14(9)20-12-3-4-24-15(12)8-1-2-10(17)11(18)5-8/h1-2,5-7,12,15H,3-4H2,(H,19,20). The molecule has 0 saturated carbocycles. The second-order valence-corrected chi connectivity index (χ2v) is 6.13. The van der Waals surface area contributed by atoms with Crippen molar-refractivity contribution in [3.05, 3.63) is 62.4 Å². The van der Waals surface area contributed by atoms with E-state index in [4.69, 9.17) is 4.74 Å². The molecule has 24 heavy (non-hydrogen) atoms. The molecule has 1 aliphatic heterocycles. The lowest BCUT2D eigenvalue weighted by Crippen LogP contribution is -2.24. The fourth-order valence-corrected chi connectivity index (χ4v) is 3.08. The third kappa shape index (κ3) is 3.22. The summed E-state index contributed by atoms with van der Waals surface area (Å²) in [7, 11) is 0. The highest BCUT2D eigenvalue weighted by Crippen LogP contribution is 2.37. The van der Waals surface area contributed by atoms with Crippen LogP contribution in [0, 0.1) is 21.7 Å². The van der Waals surface area contributed by atoms with Crippen LogP contribution in [-0.4, -0.2) is 22.6 Å². The van der Waals surface area contributed by atoms with Gasteiger partial charge >= 0.3 is 5.69 Å². The van der Waals surface area contributed by atoms with E-state index in [1.54, 1.807) is 0 Å². The normalized spacial score (nSPS) is 20.1. The summed E-state index contributed by atoms with van der Waals surface area (Å²) in [5.41, 5.74) is 0.565. The lowest BCUT2D eigenvalue weighted by molar-refractivity contribution is -0.384. The van der Waals surface area contributed by atoms with Crippen molar-refractivity contribution in [2.75, 3.05) is 11.9 Å². The van der Waals surface area contributed by atoms with E-state index in [9.17, 15) is 18.9 Å². The van der Waals surface area contributed by atoms with Gasteiger partial charge in [0.15, 0.2) is 11.6 Å². The summed E-state index contributed by atoms with van der Waals surface area (Å²) >= 11 is 3.24. The predicted octanol–water partition coefficient (Wildman–Crippen LogP) is 3.97. The molecule has 0 bridgehead atoms. The van der Waals surface area contributed by atoms with E-state index >= 15 is 0 Å². The first kappa shape index (κ1) is 16.7. The molecular weight excluding hydrogens is 388 g/mol. The lowest BCUT2D eigenvalue weighted by Gasteiger charge is -2.21. The maximum Gasteiger partial charge on any atom is 0.311 e. The zero-order valence-electron chi connectivity index (χ0n) is 12.2. The van der Waals surface area contributed by atoms with Gasteiger partial charge in [-0.2, -0.15) is 0 Å². The maximum absolute atomic E-state index is 13.5. The van der Waals surface area contributed by atoms with Gasteiger partial charge in [0, 0.05) is 12.8 Å². The number of anilines is 1. The Bertz CT molecular complexity index is 791. The molecule has 1 saturated heterocycles. The van der Waals surface area contributed by atoms with Gasteiger partial charge < -0.3 is 10.1 Å². The average Bonchev–Trinajstić information content (AvgIpc) is 3.00. The van der Waals surface area contributed by atoms with Crippen molar-refractivity contribution >= 4 is 27.3 Å². The number of benzene rings is 1. The predicted molar refractivity (Wildman–Crippen MR) is 85.7 cm³/mol. The van der Waals surface area contributed by atoms with Crippen molar-refractivity contribution in [1.29, 1.82) is 0 Å². The second-order valence-electron chi connectivity index (χ2n) is 5.28. The molecule has 126 valence electrons. The van der Waals surface area contributed by atoms with E-state index in [1.165, 1.54) is 12.3 Å². The maximum atomic E-state index is 13.5. The molecule has 2 aromatic rings. The number of nitro groups is 1. The van der Waals surface area contributed by atoms with Crippen LogP contribution in [0.25, 0.3) is 0 Å². The van der Waals surface area contributed by atoms with Crippen molar-refractivity contribution < 1.29 is 18.4 Å². The van der Waals surface area contributed by atoms with Crippen LogP contribution in [-0.2, 0) is 4.74 Å². The molecule has 9 heteroatoms. The molecule has 2 heterocycles. The molecule has 1 aromatic carbocycles. The summed E-state index contributed by atoms with van der Waals surface area (Å²) in [4.78, 5) is 14.4. The third-order valence-corrected chi connectivity index (χ3v) is 4.37. The number of hydrogen-bond acceptors (Lipinski definition) is 5. The third-order valence-electron chi connectivity index (χ3n) is 3.77. The van der Waals surface area contributed by atoms with Crippen molar-refractivity contribution in [1.82, 2.24) is 4.98 Å². The second kappa shape index (κ2) is 6.78. The summed E-state index contributed by atoms with van der Waals surface area (Å²) in [5, 5.41) is 14.2. The molecular formula is C15H12BrF2N3O3. The van der Waals surface area contributed by atoms with E-state index in [0.29, 0.717) is 23.1 Å². The van der Waals surface area contributed by atoms with E-state index in [-0.39, 0.29) is 17.4 Å². The molecule has 1 N–H and O–H groups in total. The SMILES string of the molecule is O=[N+]([O-])c1cncc(Br)c1NC1CCOC1c1ccc(F)c(F)c1. The highest BCUT2D eigenvalue weighted by molar-refractivity contribution is 9.10. The Hall–Kier alpha value is -2.13. The van der Waals surface area contributed by atoms with Gasteiger partial charge in [-0.1, -0.05) is 6.07 Å². The topological polar surface area (TPSA) is 77.3 Å². The molecule has 2 unspecified atom stereocenters. The van der Waals surface area contributed by atoms with Crippen molar-refractivity contribution in [2.24, 2.45) is 0 Å². The summed E-state index contributed by atoms with van der Waals surface area (Å²) in [6.45, 7) is 0.401. The number of halogens is 3. The first-order chi connectivity index (χ1) is 11.5. The molecule has 1 fully saturated rings. The summed E-state index contributed by atoms with van der Waals surface area (Å²) in [5.74, 6) is -1.90. The number of nitrogens with zero attached hydrogens (tertiary/aromatic N) is 2. The molecule has 0 amide bonds. The fourth-order valence-electron chi connectivity index (χ4n) is 2.65. The summed E-state index contributed by atoms with van der Waals surface area (Å²) in [6, 6.07) is 3.23. The summed E-state index contributed by atoms with van der Waals surface area (Å²) in [6.07, 6.45) is 2.61. The van der Waals surface area contributed by atoms with Gasteiger partial charge in [-0.15, -0.1) is 0 Å². The number of hydrogen-bond donors (Lipinski definition) is 1. The van der Waals surface area contributed by atoms with Gasteiger partial charge in [0.1, 0.15) is 18.0 Å². The van der Waals surface area contributed by atoms with Crippen LogP contribution in [0.4, 0.5) is 20.2 Å². The molecule has 1 aliphatic rings. The van der Waals surface area contributed by atoms with Gasteiger partial charge in [0.2, 0.25) is 0 Å². The first-order valence-corrected chi connectivity index (χ1v) is 7.87. The Labute approximate surface area is 144 Å². The Morgan fingerprint density at radius 1 is 1.33 bits per heavy atom. The van der Waals surface area contributed by atoms with Crippen molar-refractivity contribution in [3.8, 4) is 0 Å². The van der Waals surface area contributed by atoms with E-state index in [2.05, 4.69) is 26.2 Å². The average molecular weight is 400 g/mol. The number of ether oxygens (including phenoxy) is 1. The zero-order valence-corrected chi connectivity index (χ0v) is 13.8. The smallest absolute Gasteiger partial charge is 0.311 e. The van der Waals surface area contributed by atoms with Gasteiger partial charge in [0.25, 0.3) is 0 Å². The highest BCUT2D eigenvalue weighted by atomic mass is 79.9.